The summed E-state index contributed by atoms with van der Waals surface area (Å²) in [5.41, 5.74) is 5.97. The molecule has 132 valence electrons. The molecule has 0 saturated carbocycles. The van der Waals surface area contributed by atoms with Crippen LogP contribution in [0.4, 0.5) is 0 Å². The van der Waals surface area contributed by atoms with E-state index in [2.05, 4.69) is 92.0 Å². The van der Waals surface area contributed by atoms with Gasteiger partial charge in [-0.3, -0.25) is 0 Å². The van der Waals surface area contributed by atoms with E-state index in [0.29, 0.717) is 0 Å². The first-order valence-corrected chi connectivity index (χ1v) is 12.1. The van der Waals surface area contributed by atoms with E-state index in [9.17, 15) is 0 Å². The maximum atomic E-state index is 2.50. The van der Waals surface area contributed by atoms with Gasteiger partial charge in [-0.2, -0.15) is 0 Å². The molecule has 0 aromatic heterocycles. The molecule has 0 amide bonds. The molecule has 1 aliphatic carbocycles. The Morgan fingerprint density at radius 2 is 1.50 bits per heavy atom. The first kappa shape index (κ1) is 26.7. The minimum absolute atomic E-state index is 0. The fraction of sp³-hybridized carbons (Fsp3) is 0.474. The Kier molecular flexibility index (Phi) is 10.5. The van der Waals surface area contributed by atoms with Gasteiger partial charge in [0.1, 0.15) is 0 Å². The van der Waals surface area contributed by atoms with Crippen LogP contribution in [0.1, 0.15) is 37.0 Å². The molecule has 0 aliphatic heterocycles. The number of benzene rings is 1. The summed E-state index contributed by atoms with van der Waals surface area (Å²) in [6.45, 7) is 16.5. The molecule has 24 heavy (non-hydrogen) atoms. The van der Waals surface area contributed by atoms with Crippen LogP contribution in [-0.2, 0) is 25.9 Å². The Balaban J connectivity index is 0. The van der Waals surface area contributed by atoms with E-state index in [1.54, 1.807) is 14.6 Å². The SMILES string of the molecule is Cc1ccc(C(C)(C)C2=[C]([Ti+3])C([Si](C)(C)C)=CC2)cc1C.[Cl-].[Cl-].[Cl-]. The van der Waals surface area contributed by atoms with Gasteiger partial charge in [-0.15, -0.1) is 0 Å². The Hall–Kier alpha value is 0.501. The summed E-state index contributed by atoms with van der Waals surface area (Å²) in [5.74, 6) is 0. The van der Waals surface area contributed by atoms with Crippen molar-refractivity contribution in [1.82, 2.24) is 0 Å². The van der Waals surface area contributed by atoms with Crippen molar-refractivity contribution in [3.05, 3.63) is 55.6 Å². The van der Waals surface area contributed by atoms with Crippen LogP contribution in [0.5, 0.6) is 0 Å². The number of hydrogen-bond donors (Lipinski definition) is 0. The van der Waals surface area contributed by atoms with Crippen molar-refractivity contribution in [2.75, 3.05) is 0 Å². The van der Waals surface area contributed by atoms with Crippen LogP contribution in [0.25, 0.3) is 0 Å². The Morgan fingerprint density at radius 3 is 1.92 bits per heavy atom. The molecule has 0 nitrogen and oxygen atoms in total. The zero-order valence-electron chi connectivity index (χ0n) is 15.7. The number of allylic oxidation sites excluding steroid dienone is 4. The predicted molar refractivity (Wildman–Crippen MR) is 92.0 cm³/mol. The van der Waals surface area contributed by atoms with Crippen molar-refractivity contribution in [1.29, 1.82) is 0 Å². The van der Waals surface area contributed by atoms with Crippen LogP contribution in [0.2, 0.25) is 19.6 Å². The Morgan fingerprint density at radius 1 is 0.958 bits per heavy atom. The predicted octanol–water partition coefficient (Wildman–Crippen LogP) is -3.40. The number of rotatable bonds is 3. The second-order valence-electron chi connectivity index (χ2n) is 7.85. The molecule has 1 aromatic carbocycles. The van der Waals surface area contributed by atoms with Crippen molar-refractivity contribution in [2.45, 2.75) is 59.2 Å². The van der Waals surface area contributed by atoms with Crippen LogP contribution in [-0.4, -0.2) is 8.07 Å². The molecule has 0 unspecified atom stereocenters. The molecular formula is C19H27Cl3SiTi. The Bertz CT molecular complexity index is 641. The van der Waals surface area contributed by atoms with E-state index in [1.165, 1.54) is 16.7 Å². The van der Waals surface area contributed by atoms with Gasteiger partial charge in [-0.05, 0) is 0 Å². The number of halogens is 3. The van der Waals surface area contributed by atoms with Crippen LogP contribution in [0.15, 0.2) is 38.9 Å². The van der Waals surface area contributed by atoms with Gasteiger partial charge in [0.15, 0.2) is 0 Å². The van der Waals surface area contributed by atoms with Gasteiger partial charge in [0.25, 0.3) is 0 Å². The fourth-order valence-corrected chi connectivity index (χ4v) is 7.30. The first-order chi connectivity index (χ1) is 9.55. The minimum atomic E-state index is -1.23. The van der Waals surface area contributed by atoms with Crippen molar-refractivity contribution in [3.8, 4) is 0 Å². The molecule has 0 atom stereocenters. The molecule has 0 fully saturated rings. The van der Waals surface area contributed by atoms with E-state index in [-0.39, 0.29) is 42.6 Å². The Labute approximate surface area is 179 Å². The second-order valence-corrected chi connectivity index (χ2v) is 13.7. The average Bonchev–Trinajstić information content (AvgIpc) is 2.74. The minimum Gasteiger partial charge on any atom is -1.00 e. The van der Waals surface area contributed by atoms with E-state index in [1.807, 2.05) is 0 Å². The first-order valence-electron chi connectivity index (χ1n) is 7.79. The van der Waals surface area contributed by atoms with Crippen molar-refractivity contribution < 1.29 is 57.7 Å². The van der Waals surface area contributed by atoms with E-state index in [0.717, 1.165) is 6.42 Å². The summed E-state index contributed by atoms with van der Waals surface area (Å²) < 4.78 is 1.57. The van der Waals surface area contributed by atoms with E-state index in [4.69, 9.17) is 0 Å². The fourth-order valence-electron chi connectivity index (χ4n) is 3.12. The van der Waals surface area contributed by atoms with Crippen molar-refractivity contribution in [2.24, 2.45) is 0 Å². The van der Waals surface area contributed by atoms with Crippen LogP contribution < -0.4 is 37.2 Å². The van der Waals surface area contributed by atoms with Crippen LogP contribution in [0, 0.1) is 13.8 Å². The third kappa shape index (κ3) is 5.25. The molecule has 1 aliphatic rings. The molecule has 1 aromatic rings. The summed E-state index contributed by atoms with van der Waals surface area (Å²) in [5, 5.41) is 1.66. The molecule has 0 radical (unpaired) electrons. The standard InChI is InChI=1S/C19H27Si.3ClH.Ti/c1-14-8-9-16(12-15(14)2)19(3,4)17-10-11-18(13-17)20(5,6)7;;;;/h8-9,11-12H,10H2,1-7H3;3*1H;/q;;;;+3/p-3. The van der Waals surface area contributed by atoms with E-state index < -0.39 is 8.07 Å². The van der Waals surface area contributed by atoms with E-state index >= 15 is 0 Å². The van der Waals surface area contributed by atoms with Gasteiger partial charge in [0, 0.05) is 0 Å². The van der Waals surface area contributed by atoms with Gasteiger partial charge < -0.3 is 37.2 Å². The van der Waals surface area contributed by atoms with Gasteiger partial charge in [0.2, 0.25) is 0 Å². The second kappa shape index (κ2) is 9.44. The summed E-state index contributed by atoms with van der Waals surface area (Å²) in [4.78, 5) is 0. The summed E-state index contributed by atoms with van der Waals surface area (Å²) in [6.07, 6.45) is 3.63. The van der Waals surface area contributed by atoms with Crippen molar-refractivity contribution in [3.63, 3.8) is 0 Å². The molecule has 5 heteroatoms. The normalized spacial score (nSPS) is 14.5. The zero-order chi connectivity index (χ0) is 16.0. The average molecular weight is 438 g/mol. The number of hydrogen-bond acceptors (Lipinski definition) is 0. The van der Waals surface area contributed by atoms with Gasteiger partial charge >= 0.3 is 143 Å². The van der Waals surface area contributed by atoms with Crippen LogP contribution in [0.3, 0.4) is 0 Å². The summed E-state index contributed by atoms with van der Waals surface area (Å²) in [6, 6.07) is 6.96. The van der Waals surface area contributed by atoms with Gasteiger partial charge in [0.05, 0.1) is 0 Å². The molecule has 0 spiro atoms. The zero-order valence-corrected chi connectivity index (χ0v) is 20.5. The summed E-state index contributed by atoms with van der Waals surface area (Å²) in [7, 11) is -1.23. The van der Waals surface area contributed by atoms with Crippen LogP contribution >= 0.6 is 0 Å². The molecule has 2 rings (SSSR count). The van der Waals surface area contributed by atoms with Gasteiger partial charge in [-0.25, -0.2) is 0 Å². The topological polar surface area (TPSA) is 0 Å². The third-order valence-electron chi connectivity index (χ3n) is 4.87. The molecule has 0 bridgehead atoms. The smallest absolute Gasteiger partial charge is 1.00 e. The molecule has 0 saturated heterocycles. The van der Waals surface area contributed by atoms with Gasteiger partial charge in [-0.1, -0.05) is 0 Å². The largest absolute Gasteiger partial charge is 1.00 e. The monoisotopic (exact) mass is 436 g/mol. The molecule has 0 heterocycles. The number of aryl methyl sites for hydroxylation is 2. The molecule has 0 N–H and O–H groups in total. The molecular weight excluding hydrogens is 411 g/mol. The maximum absolute atomic E-state index is 2.50. The maximum Gasteiger partial charge on any atom is -1.00 e. The third-order valence-corrected chi connectivity index (χ3v) is 8.22. The van der Waals surface area contributed by atoms with Crippen molar-refractivity contribution >= 4 is 8.07 Å². The quantitative estimate of drug-likeness (QED) is 0.433. The summed E-state index contributed by atoms with van der Waals surface area (Å²) >= 11 is 2.34.